The fourth-order valence-corrected chi connectivity index (χ4v) is 8.78. The van der Waals surface area contributed by atoms with E-state index in [1.807, 2.05) is 25.1 Å². The molecule has 2 unspecified atom stereocenters. The second kappa shape index (κ2) is 16.7. The Morgan fingerprint density at radius 2 is 1.86 bits per heavy atom. The first-order chi connectivity index (χ1) is 24.6. The van der Waals surface area contributed by atoms with Gasteiger partial charge in [0.25, 0.3) is 5.91 Å². The Bertz CT molecular complexity index is 1730. The van der Waals surface area contributed by atoms with Gasteiger partial charge in [-0.05, 0) is 97.7 Å². The van der Waals surface area contributed by atoms with Crippen molar-refractivity contribution in [2.45, 2.75) is 69.5 Å². The zero-order valence-electron chi connectivity index (χ0n) is 29.4. The molecular weight excluding hydrogens is 694 g/mol. The average molecular weight is 742 g/mol. The molecule has 4 aliphatic rings. The van der Waals surface area contributed by atoms with Gasteiger partial charge in [-0.15, -0.1) is 0 Å². The van der Waals surface area contributed by atoms with E-state index in [9.17, 15) is 18.6 Å². The van der Waals surface area contributed by atoms with Crippen molar-refractivity contribution in [1.29, 1.82) is 0 Å². The molecule has 12 nitrogen and oxygen atoms in total. The zero-order valence-corrected chi connectivity index (χ0v) is 31.0. The van der Waals surface area contributed by atoms with E-state index in [4.69, 9.17) is 25.8 Å². The van der Waals surface area contributed by atoms with E-state index in [0.29, 0.717) is 49.4 Å². The highest BCUT2D eigenvalue weighted by Crippen LogP contribution is 2.42. The van der Waals surface area contributed by atoms with Gasteiger partial charge in [0.15, 0.2) is 0 Å². The van der Waals surface area contributed by atoms with Crippen LogP contribution in [-0.4, -0.2) is 85.1 Å². The summed E-state index contributed by atoms with van der Waals surface area (Å²) >= 11 is 6.45. The quantitative estimate of drug-likeness (QED) is 0.274. The van der Waals surface area contributed by atoms with Crippen molar-refractivity contribution in [1.82, 2.24) is 15.5 Å². The van der Waals surface area contributed by atoms with Gasteiger partial charge in [-0.1, -0.05) is 36.7 Å². The summed E-state index contributed by atoms with van der Waals surface area (Å²) in [6.45, 7) is 4.34. The van der Waals surface area contributed by atoms with Crippen molar-refractivity contribution >= 4 is 45.9 Å². The number of thiol groups is 1. The van der Waals surface area contributed by atoms with Gasteiger partial charge in [-0.3, -0.25) is 9.00 Å². The third kappa shape index (κ3) is 8.81. The Morgan fingerprint density at radius 1 is 1.04 bits per heavy atom. The molecule has 6 rings (SSSR count). The number of anilines is 1. The molecule has 0 radical (unpaired) electrons. The van der Waals surface area contributed by atoms with Crippen molar-refractivity contribution in [2.75, 3.05) is 45.4 Å². The number of rotatable bonds is 3. The van der Waals surface area contributed by atoms with Gasteiger partial charge in [0.05, 0.1) is 42.1 Å². The predicted octanol–water partition coefficient (Wildman–Crippen LogP) is 5.58. The number of benzene rings is 2. The molecule has 14 heteroatoms. The number of carbonyl (C=O) groups excluding carboxylic acids is 3. The van der Waals surface area contributed by atoms with Crippen LogP contribution in [-0.2, 0) is 33.0 Å². The van der Waals surface area contributed by atoms with Crippen LogP contribution in [0.3, 0.4) is 0 Å². The van der Waals surface area contributed by atoms with E-state index in [-0.39, 0.29) is 29.5 Å². The lowest BCUT2D eigenvalue weighted by atomic mass is 9.70. The number of nitrogens with one attached hydrogen (secondary N) is 2. The zero-order chi connectivity index (χ0) is 36.1. The number of carbonyl (C=O) groups is 3. The van der Waals surface area contributed by atoms with Crippen LogP contribution in [0.25, 0.3) is 0 Å². The van der Waals surface area contributed by atoms with E-state index in [2.05, 4.69) is 38.1 Å². The molecule has 6 atom stereocenters. The summed E-state index contributed by atoms with van der Waals surface area (Å²) in [6, 6.07) is 10.5. The van der Waals surface area contributed by atoms with Crippen LogP contribution in [0.5, 0.6) is 5.75 Å². The molecule has 2 N–H and O–H groups in total. The highest BCUT2D eigenvalue weighted by Gasteiger charge is 2.38. The van der Waals surface area contributed by atoms with Gasteiger partial charge < -0.3 is 34.6 Å². The largest absolute Gasteiger partial charge is 0.491 e. The Labute approximate surface area is 306 Å². The maximum absolute atomic E-state index is 13.9. The van der Waals surface area contributed by atoms with Crippen LogP contribution in [0.2, 0.25) is 5.02 Å². The highest BCUT2D eigenvalue weighted by atomic mass is 35.5. The number of likely N-dealkylation sites (tertiary alicyclic amines) is 1. The van der Waals surface area contributed by atoms with Crippen molar-refractivity contribution < 1.29 is 32.8 Å². The number of allylic oxidation sites excluding steroid dienone is 1. The van der Waals surface area contributed by atoms with Crippen LogP contribution >= 0.6 is 11.6 Å². The van der Waals surface area contributed by atoms with Gasteiger partial charge >= 0.3 is 12.1 Å². The molecule has 0 spiro atoms. The van der Waals surface area contributed by atoms with Gasteiger partial charge in [0.1, 0.15) is 11.1 Å². The number of amides is 4. The summed E-state index contributed by atoms with van der Waals surface area (Å²) < 4.78 is 35.1. The summed E-state index contributed by atoms with van der Waals surface area (Å²) in [5.74, 6) is 0.339. The normalized spacial score (nSPS) is 28.1. The van der Waals surface area contributed by atoms with Gasteiger partial charge in [0, 0.05) is 43.9 Å². The lowest BCUT2D eigenvalue weighted by Gasteiger charge is -2.43. The molecule has 1 aliphatic carbocycles. The number of hydrogen-bond donors (Lipinski definition) is 3. The summed E-state index contributed by atoms with van der Waals surface area (Å²) in [5.41, 5.74) is 3.44. The third-order valence-electron chi connectivity index (χ3n) is 10.5. The molecule has 4 amide bonds. The molecule has 3 aliphatic heterocycles. The number of methoxy groups -OCH3 is 2. The molecule has 2 fully saturated rings. The minimum atomic E-state index is -2.58. The predicted molar refractivity (Wildman–Crippen MR) is 197 cm³/mol. The molecular formula is C37H48ClN5O7S. The Kier molecular flexibility index (Phi) is 12.1. The van der Waals surface area contributed by atoms with Crippen LogP contribution in [0.1, 0.15) is 60.5 Å². The second-order valence-corrected chi connectivity index (χ2v) is 15.8. The first-order valence-corrected chi connectivity index (χ1v) is 19.4. The Hall–Kier alpha value is -3.81. The number of nitrogens with zero attached hydrogens (tertiary/aromatic N) is 3. The van der Waals surface area contributed by atoms with Crippen LogP contribution in [0.4, 0.5) is 15.3 Å². The first kappa shape index (κ1) is 37.0. The third-order valence-corrected chi connectivity index (χ3v) is 12.3. The molecule has 0 aromatic heterocycles. The fourth-order valence-electron chi connectivity index (χ4n) is 7.38. The van der Waals surface area contributed by atoms with Gasteiger partial charge in [-0.2, -0.15) is 4.36 Å². The topological polar surface area (TPSA) is 139 Å². The summed E-state index contributed by atoms with van der Waals surface area (Å²) in [7, 11) is 0.457. The standard InChI is InChI=1S/C37H48ClN5O7S/c1-23-7-6-9-32(48-2)30-14-11-27(30)20-42-19-26-10-13-28(38)17-24(26)8-4-5-16-50-33-15-12-25(18-31(33)42)34(44)41-51(47)35(23)40-36(45)39-29-21-43(22-29)37(46)49-3/h6,9-10,12-13,15,17-18,23,27,29-30,32,35,51H,4-5,7-8,11,14,16,19-22H2,1-3H3,(H2,39,40,45)/b9-6+/t23-,27-,30+,32-,35?/m0/s1. The maximum Gasteiger partial charge on any atom is 0.409 e. The van der Waals surface area contributed by atoms with E-state index in [1.165, 1.54) is 23.1 Å². The maximum atomic E-state index is 13.9. The molecule has 2 bridgehead atoms. The smallest absolute Gasteiger partial charge is 0.409 e. The first-order valence-electron chi connectivity index (χ1n) is 17.7. The second-order valence-electron chi connectivity index (χ2n) is 14.0. The number of halogens is 1. The van der Waals surface area contributed by atoms with Crippen molar-refractivity contribution in [3.05, 3.63) is 70.3 Å². The molecule has 2 aromatic carbocycles. The summed E-state index contributed by atoms with van der Waals surface area (Å²) in [6.07, 6.45) is 8.75. The van der Waals surface area contributed by atoms with Gasteiger partial charge in [-0.25, -0.2) is 9.59 Å². The Balaban J connectivity index is 1.34. The van der Waals surface area contributed by atoms with Crippen molar-refractivity contribution in [2.24, 2.45) is 22.1 Å². The van der Waals surface area contributed by atoms with Gasteiger partial charge in [0.2, 0.25) is 0 Å². The summed E-state index contributed by atoms with van der Waals surface area (Å²) in [5, 5.41) is 5.42. The van der Waals surface area contributed by atoms with E-state index in [0.717, 1.165) is 44.3 Å². The van der Waals surface area contributed by atoms with E-state index >= 15 is 0 Å². The Morgan fingerprint density at radius 3 is 2.61 bits per heavy atom. The molecule has 2 aromatic rings. The lowest BCUT2D eigenvalue weighted by molar-refractivity contribution is 0.0133. The molecule has 1 saturated carbocycles. The van der Waals surface area contributed by atoms with Crippen molar-refractivity contribution in [3.63, 3.8) is 0 Å². The lowest BCUT2D eigenvalue weighted by Crippen LogP contribution is -2.63. The van der Waals surface area contributed by atoms with E-state index in [1.54, 1.807) is 19.2 Å². The number of aryl methyl sites for hydroxylation is 1. The van der Waals surface area contributed by atoms with Crippen LogP contribution in [0, 0.1) is 17.8 Å². The fraction of sp³-hybridized carbons (Fsp3) is 0.541. The van der Waals surface area contributed by atoms with Crippen LogP contribution < -0.4 is 20.3 Å². The van der Waals surface area contributed by atoms with E-state index < -0.39 is 34.0 Å². The number of fused-ring (bicyclic) bond motifs is 3. The van der Waals surface area contributed by atoms with Crippen LogP contribution in [0.15, 0.2) is 52.9 Å². The minimum absolute atomic E-state index is 0.118. The number of hydrogen-bond acceptors (Lipinski definition) is 8. The highest BCUT2D eigenvalue weighted by molar-refractivity contribution is 7.76. The monoisotopic (exact) mass is 741 g/mol. The van der Waals surface area contributed by atoms with Crippen molar-refractivity contribution in [3.8, 4) is 5.75 Å². The SMILES string of the molecule is COC(=O)N1CC(NC(=O)NC2[C@@H](C)C/C=C/[C@H](OC)[C@@H]3CC[C@H]3CN3Cc4ccc(Cl)cc4CCCCOc4ccc(cc43)C(=O)/N=[SH]\2=O)C1. The molecule has 1 saturated heterocycles. The average Bonchev–Trinajstić information content (AvgIpc) is 3.11. The molecule has 51 heavy (non-hydrogen) atoms. The summed E-state index contributed by atoms with van der Waals surface area (Å²) in [4.78, 5) is 42.3. The number of urea groups is 1. The molecule has 276 valence electrons. The molecule has 3 heterocycles. The number of ether oxygens (including phenoxy) is 3. The minimum Gasteiger partial charge on any atom is -0.491 e.